The first-order chi connectivity index (χ1) is 9.61. The molecule has 1 amide bonds. The average molecular weight is 313 g/mol. The zero-order chi connectivity index (χ0) is 16.3. The summed E-state index contributed by atoms with van der Waals surface area (Å²) in [6, 6.07) is 4.96. The largest absolute Gasteiger partial charge is 0.324 e. The quantitative estimate of drug-likeness (QED) is 0.745. The molecule has 0 saturated carbocycles. The lowest BCUT2D eigenvalue weighted by Gasteiger charge is -2.25. The molecule has 0 bridgehead atoms. The number of hydrogen-bond acceptors (Lipinski definition) is 4. The molecule has 0 saturated heterocycles. The summed E-state index contributed by atoms with van der Waals surface area (Å²) >= 11 is 0. The van der Waals surface area contributed by atoms with Crippen molar-refractivity contribution in [2.45, 2.75) is 39.2 Å². The normalized spacial score (nSPS) is 12.0. The predicted molar refractivity (Wildman–Crippen MR) is 85.8 cm³/mol. The van der Waals surface area contributed by atoms with E-state index in [2.05, 4.69) is 10.0 Å². The molecule has 21 heavy (non-hydrogen) atoms. The highest BCUT2D eigenvalue weighted by Gasteiger charge is 2.29. The number of amides is 1. The number of nitrogens with one attached hydrogen (secondary N) is 2. The Morgan fingerprint density at radius 3 is 2.29 bits per heavy atom. The van der Waals surface area contributed by atoms with Crippen molar-refractivity contribution in [3.05, 3.63) is 23.8 Å². The van der Waals surface area contributed by atoms with E-state index in [0.717, 1.165) is 6.26 Å². The Kier molecular flexibility index (Phi) is 5.36. The molecule has 0 aromatic heterocycles. The third-order valence-corrected chi connectivity index (χ3v) is 4.08. The van der Waals surface area contributed by atoms with Crippen LogP contribution < -0.4 is 15.8 Å². The second-order valence-electron chi connectivity index (χ2n) is 5.22. The minimum atomic E-state index is -3.32. The Balaban J connectivity index is 2.93. The zero-order valence-corrected chi connectivity index (χ0v) is 13.7. The van der Waals surface area contributed by atoms with Crippen molar-refractivity contribution in [1.82, 2.24) is 0 Å². The summed E-state index contributed by atoms with van der Waals surface area (Å²) in [5, 5.41) is 2.77. The average Bonchev–Trinajstić information content (AvgIpc) is 2.39. The van der Waals surface area contributed by atoms with E-state index in [0.29, 0.717) is 29.8 Å². The molecule has 0 spiro atoms. The van der Waals surface area contributed by atoms with Crippen LogP contribution in [0.15, 0.2) is 18.2 Å². The Morgan fingerprint density at radius 2 is 1.86 bits per heavy atom. The SMILES string of the molecule is CCC(N)(CC)C(=O)Nc1ccc(NS(C)(=O)=O)c(C)c1. The summed E-state index contributed by atoms with van der Waals surface area (Å²) in [7, 11) is -3.32. The maximum Gasteiger partial charge on any atom is 0.244 e. The summed E-state index contributed by atoms with van der Waals surface area (Å²) in [5.41, 5.74) is 6.94. The highest BCUT2D eigenvalue weighted by atomic mass is 32.2. The number of hydrogen-bond donors (Lipinski definition) is 3. The summed E-state index contributed by atoms with van der Waals surface area (Å²) in [6.45, 7) is 5.50. The second-order valence-corrected chi connectivity index (χ2v) is 6.97. The Bertz CT molecular complexity index is 622. The number of carbonyl (C=O) groups is 1. The molecule has 0 heterocycles. The van der Waals surface area contributed by atoms with Crippen molar-refractivity contribution in [2.24, 2.45) is 5.73 Å². The molecule has 0 aliphatic rings. The third kappa shape index (κ3) is 4.71. The van der Waals surface area contributed by atoms with Gasteiger partial charge >= 0.3 is 0 Å². The van der Waals surface area contributed by atoms with Gasteiger partial charge in [-0.05, 0) is 43.5 Å². The Hall–Kier alpha value is -1.60. The number of carbonyl (C=O) groups excluding carboxylic acids is 1. The maximum atomic E-state index is 12.2. The van der Waals surface area contributed by atoms with E-state index in [4.69, 9.17) is 5.73 Å². The molecule has 0 unspecified atom stereocenters. The van der Waals surface area contributed by atoms with Gasteiger partial charge in [0, 0.05) is 5.69 Å². The van der Waals surface area contributed by atoms with Gasteiger partial charge in [0.1, 0.15) is 0 Å². The van der Waals surface area contributed by atoms with Gasteiger partial charge in [0.2, 0.25) is 15.9 Å². The van der Waals surface area contributed by atoms with Crippen molar-refractivity contribution in [3.63, 3.8) is 0 Å². The van der Waals surface area contributed by atoms with E-state index in [9.17, 15) is 13.2 Å². The lowest BCUT2D eigenvalue weighted by Crippen LogP contribution is -2.50. The van der Waals surface area contributed by atoms with Gasteiger partial charge in [0.15, 0.2) is 0 Å². The first-order valence-electron chi connectivity index (χ1n) is 6.80. The van der Waals surface area contributed by atoms with Gasteiger partial charge in [-0.3, -0.25) is 9.52 Å². The van der Waals surface area contributed by atoms with Crippen molar-refractivity contribution < 1.29 is 13.2 Å². The van der Waals surface area contributed by atoms with Crippen LogP contribution in [0.1, 0.15) is 32.3 Å². The number of anilines is 2. The first kappa shape index (κ1) is 17.5. The molecular formula is C14H23N3O3S. The lowest BCUT2D eigenvalue weighted by atomic mass is 9.93. The number of nitrogens with two attached hydrogens (primary N) is 1. The predicted octanol–water partition coefficient (Wildman–Crippen LogP) is 1.82. The topological polar surface area (TPSA) is 101 Å². The number of sulfonamides is 1. The fourth-order valence-corrected chi connectivity index (χ4v) is 2.51. The zero-order valence-electron chi connectivity index (χ0n) is 12.9. The monoisotopic (exact) mass is 313 g/mol. The fourth-order valence-electron chi connectivity index (χ4n) is 1.88. The molecule has 118 valence electrons. The van der Waals surface area contributed by atoms with E-state index >= 15 is 0 Å². The lowest BCUT2D eigenvalue weighted by molar-refractivity contribution is -0.121. The van der Waals surface area contributed by atoms with Crippen LogP contribution in [0.4, 0.5) is 11.4 Å². The molecule has 0 aliphatic carbocycles. The van der Waals surface area contributed by atoms with E-state index in [1.165, 1.54) is 0 Å². The molecule has 1 aromatic rings. The molecule has 0 fully saturated rings. The highest BCUT2D eigenvalue weighted by Crippen LogP contribution is 2.22. The number of rotatable bonds is 6. The van der Waals surface area contributed by atoms with Gasteiger partial charge in [-0.25, -0.2) is 8.42 Å². The standard InChI is InChI=1S/C14H23N3O3S/c1-5-14(15,6-2)13(18)16-11-7-8-12(10(3)9-11)17-21(4,19)20/h7-9,17H,5-6,15H2,1-4H3,(H,16,18). The molecule has 4 N–H and O–H groups in total. The molecule has 0 atom stereocenters. The molecule has 7 heteroatoms. The van der Waals surface area contributed by atoms with Crippen LogP contribution >= 0.6 is 0 Å². The van der Waals surface area contributed by atoms with Crippen LogP contribution in [0.3, 0.4) is 0 Å². The molecule has 1 rings (SSSR count). The Morgan fingerprint density at radius 1 is 1.29 bits per heavy atom. The van der Waals surface area contributed by atoms with Gasteiger partial charge < -0.3 is 11.1 Å². The van der Waals surface area contributed by atoms with Gasteiger partial charge in [-0.2, -0.15) is 0 Å². The summed E-state index contributed by atoms with van der Waals surface area (Å²) in [6.07, 6.45) is 2.18. The molecule has 6 nitrogen and oxygen atoms in total. The summed E-state index contributed by atoms with van der Waals surface area (Å²) < 4.78 is 24.9. The van der Waals surface area contributed by atoms with Crippen LogP contribution in [0.5, 0.6) is 0 Å². The van der Waals surface area contributed by atoms with E-state index < -0.39 is 15.6 Å². The second kappa shape index (κ2) is 6.44. The number of benzene rings is 1. The van der Waals surface area contributed by atoms with Crippen LogP contribution in [0.25, 0.3) is 0 Å². The van der Waals surface area contributed by atoms with Crippen molar-refractivity contribution in [3.8, 4) is 0 Å². The van der Waals surface area contributed by atoms with Gasteiger partial charge in [-0.15, -0.1) is 0 Å². The first-order valence-corrected chi connectivity index (χ1v) is 8.69. The number of aryl methyl sites for hydroxylation is 1. The molecule has 0 aliphatic heterocycles. The molecule has 0 radical (unpaired) electrons. The van der Waals surface area contributed by atoms with Gasteiger partial charge in [0.05, 0.1) is 17.5 Å². The summed E-state index contributed by atoms with van der Waals surface area (Å²) in [4.78, 5) is 12.2. The van der Waals surface area contributed by atoms with Crippen LogP contribution in [-0.2, 0) is 14.8 Å². The smallest absolute Gasteiger partial charge is 0.244 e. The van der Waals surface area contributed by atoms with Crippen LogP contribution in [0.2, 0.25) is 0 Å². The summed E-state index contributed by atoms with van der Waals surface area (Å²) in [5.74, 6) is -0.240. The van der Waals surface area contributed by atoms with Crippen LogP contribution in [0, 0.1) is 6.92 Å². The van der Waals surface area contributed by atoms with Crippen molar-refractivity contribution >= 4 is 27.3 Å². The fraction of sp³-hybridized carbons (Fsp3) is 0.500. The highest BCUT2D eigenvalue weighted by molar-refractivity contribution is 7.92. The van der Waals surface area contributed by atoms with Crippen LogP contribution in [-0.4, -0.2) is 26.1 Å². The van der Waals surface area contributed by atoms with Gasteiger partial charge in [-0.1, -0.05) is 13.8 Å². The van der Waals surface area contributed by atoms with E-state index in [1.54, 1.807) is 25.1 Å². The van der Waals surface area contributed by atoms with E-state index in [1.807, 2.05) is 13.8 Å². The molecule has 1 aromatic carbocycles. The third-order valence-electron chi connectivity index (χ3n) is 3.49. The Labute approximate surface area is 126 Å². The van der Waals surface area contributed by atoms with Crippen molar-refractivity contribution in [1.29, 1.82) is 0 Å². The maximum absolute atomic E-state index is 12.2. The van der Waals surface area contributed by atoms with E-state index in [-0.39, 0.29) is 5.91 Å². The molecular weight excluding hydrogens is 290 g/mol. The van der Waals surface area contributed by atoms with Gasteiger partial charge in [0.25, 0.3) is 0 Å². The minimum Gasteiger partial charge on any atom is -0.324 e. The van der Waals surface area contributed by atoms with Crippen molar-refractivity contribution in [2.75, 3.05) is 16.3 Å². The minimum absolute atomic E-state index is 0.240.